The van der Waals surface area contributed by atoms with E-state index in [1.165, 1.54) is 5.56 Å². The molecule has 1 heterocycles. The van der Waals surface area contributed by atoms with Crippen LogP contribution >= 0.6 is 0 Å². The topological polar surface area (TPSA) is 53.6 Å². The Labute approximate surface area is 118 Å². The molecule has 1 aromatic heterocycles. The Balaban J connectivity index is 2.36. The van der Waals surface area contributed by atoms with E-state index in [-0.39, 0.29) is 5.41 Å². The van der Waals surface area contributed by atoms with Crippen molar-refractivity contribution in [3.05, 3.63) is 42.0 Å². The number of fused-ring (bicyclic) bond motifs is 3. The van der Waals surface area contributed by atoms with E-state index in [0.29, 0.717) is 11.0 Å². The molecular formula is C16H17BO3. The number of hydrogen-bond donors (Lipinski definition) is 2. The van der Waals surface area contributed by atoms with Gasteiger partial charge in [-0.05, 0) is 23.1 Å². The van der Waals surface area contributed by atoms with Crippen LogP contribution < -0.4 is 5.46 Å². The fourth-order valence-electron chi connectivity index (χ4n) is 2.49. The highest BCUT2D eigenvalue weighted by atomic mass is 16.4. The van der Waals surface area contributed by atoms with Crippen molar-refractivity contribution in [3.8, 4) is 0 Å². The first-order chi connectivity index (χ1) is 9.38. The van der Waals surface area contributed by atoms with Crippen molar-refractivity contribution < 1.29 is 14.5 Å². The second kappa shape index (κ2) is 4.37. The lowest BCUT2D eigenvalue weighted by Crippen LogP contribution is -2.29. The number of hydrogen-bond acceptors (Lipinski definition) is 3. The number of rotatable bonds is 1. The summed E-state index contributed by atoms with van der Waals surface area (Å²) >= 11 is 0. The zero-order valence-corrected chi connectivity index (χ0v) is 11.8. The summed E-state index contributed by atoms with van der Waals surface area (Å²) in [5, 5.41) is 20.8. The Morgan fingerprint density at radius 2 is 1.75 bits per heavy atom. The molecule has 0 radical (unpaired) electrons. The molecule has 4 heteroatoms. The van der Waals surface area contributed by atoms with Gasteiger partial charge in [0.25, 0.3) is 0 Å². The average molecular weight is 268 g/mol. The predicted octanol–water partition coefficient (Wildman–Crippen LogP) is 2.56. The molecule has 2 aromatic carbocycles. The Hall–Kier alpha value is -1.78. The van der Waals surface area contributed by atoms with E-state index >= 15 is 0 Å². The smallest absolute Gasteiger partial charge is 0.456 e. The van der Waals surface area contributed by atoms with Crippen molar-refractivity contribution in [2.45, 2.75) is 26.2 Å². The molecule has 2 N–H and O–H groups in total. The molecule has 0 aliphatic carbocycles. The zero-order valence-electron chi connectivity index (χ0n) is 11.8. The highest BCUT2D eigenvalue weighted by Gasteiger charge is 2.20. The van der Waals surface area contributed by atoms with Crippen molar-refractivity contribution in [2.75, 3.05) is 0 Å². The minimum Gasteiger partial charge on any atom is -0.456 e. The maximum Gasteiger partial charge on any atom is 0.492 e. The number of benzene rings is 2. The van der Waals surface area contributed by atoms with Gasteiger partial charge in [-0.15, -0.1) is 0 Å². The highest BCUT2D eigenvalue weighted by molar-refractivity contribution is 6.61. The van der Waals surface area contributed by atoms with Gasteiger partial charge in [-0.3, -0.25) is 0 Å². The maximum absolute atomic E-state index is 9.43. The van der Waals surface area contributed by atoms with Crippen molar-refractivity contribution in [3.63, 3.8) is 0 Å². The molecule has 3 nitrogen and oxygen atoms in total. The molecule has 0 spiro atoms. The lowest BCUT2D eigenvalue weighted by molar-refractivity contribution is 0.425. The van der Waals surface area contributed by atoms with Crippen LogP contribution in [-0.2, 0) is 5.41 Å². The van der Waals surface area contributed by atoms with Crippen molar-refractivity contribution in [1.82, 2.24) is 0 Å². The Morgan fingerprint density at radius 1 is 1.00 bits per heavy atom. The van der Waals surface area contributed by atoms with E-state index < -0.39 is 7.12 Å². The minimum atomic E-state index is -1.53. The summed E-state index contributed by atoms with van der Waals surface area (Å²) in [5.74, 6) is 0. The van der Waals surface area contributed by atoms with E-state index in [2.05, 4.69) is 32.9 Å². The largest absolute Gasteiger partial charge is 0.492 e. The molecule has 0 aliphatic heterocycles. The maximum atomic E-state index is 9.43. The summed E-state index contributed by atoms with van der Waals surface area (Å²) in [7, 11) is -1.53. The summed E-state index contributed by atoms with van der Waals surface area (Å²) in [4.78, 5) is 0. The van der Waals surface area contributed by atoms with Gasteiger partial charge in [0, 0.05) is 16.2 Å². The third kappa shape index (κ3) is 2.01. The van der Waals surface area contributed by atoms with Crippen LogP contribution in [0.25, 0.3) is 21.9 Å². The van der Waals surface area contributed by atoms with Gasteiger partial charge in [-0.2, -0.15) is 0 Å². The van der Waals surface area contributed by atoms with Crippen LogP contribution in [0.4, 0.5) is 0 Å². The fraction of sp³-hybridized carbons (Fsp3) is 0.250. The van der Waals surface area contributed by atoms with Crippen LogP contribution in [0.2, 0.25) is 0 Å². The van der Waals surface area contributed by atoms with Gasteiger partial charge in [0.1, 0.15) is 11.2 Å². The summed E-state index contributed by atoms with van der Waals surface area (Å²) in [6.45, 7) is 6.50. The molecule has 0 saturated heterocycles. The first-order valence-corrected chi connectivity index (χ1v) is 6.70. The third-order valence-corrected chi connectivity index (χ3v) is 3.67. The van der Waals surface area contributed by atoms with Gasteiger partial charge in [0.15, 0.2) is 0 Å². The predicted molar refractivity (Wildman–Crippen MR) is 82.2 cm³/mol. The van der Waals surface area contributed by atoms with Crippen LogP contribution in [0, 0.1) is 0 Å². The number of furan rings is 1. The Morgan fingerprint density at radius 3 is 2.40 bits per heavy atom. The van der Waals surface area contributed by atoms with Gasteiger partial charge in [-0.25, -0.2) is 0 Å². The standard InChI is InChI=1S/C16H17BO3/c1-16(2,3)10-7-8-14-12(9-10)11-5-4-6-13(17(18)19)15(11)20-14/h4-9,18-19H,1-3H3. The van der Waals surface area contributed by atoms with Crippen molar-refractivity contribution in [1.29, 1.82) is 0 Å². The highest BCUT2D eigenvalue weighted by Crippen LogP contribution is 2.32. The van der Waals surface area contributed by atoms with Crippen LogP contribution in [0.5, 0.6) is 0 Å². The zero-order chi connectivity index (χ0) is 14.5. The molecular weight excluding hydrogens is 251 g/mol. The van der Waals surface area contributed by atoms with E-state index in [1.807, 2.05) is 18.2 Å². The summed E-state index contributed by atoms with van der Waals surface area (Å²) in [6, 6.07) is 11.5. The lowest BCUT2D eigenvalue weighted by atomic mass is 9.79. The molecule has 3 rings (SSSR count). The van der Waals surface area contributed by atoms with Crippen LogP contribution in [0.15, 0.2) is 40.8 Å². The molecule has 0 amide bonds. The summed E-state index contributed by atoms with van der Waals surface area (Å²) < 4.78 is 5.79. The van der Waals surface area contributed by atoms with E-state index in [0.717, 1.165) is 16.4 Å². The van der Waals surface area contributed by atoms with Crippen molar-refractivity contribution in [2.24, 2.45) is 0 Å². The normalized spacial score (nSPS) is 12.2. The Kier molecular flexibility index (Phi) is 2.89. The van der Waals surface area contributed by atoms with Gasteiger partial charge in [-0.1, -0.05) is 45.0 Å². The van der Waals surface area contributed by atoms with Crippen LogP contribution in [0.1, 0.15) is 26.3 Å². The molecule has 0 aliphatic rings. The molecule has 0 bridgehead atoms. The molecule has 20 heavy (non-hydrogen) atoms. The molecule has 0 fully saturated rings. The van der Waals surface area contributed by atoms with E-state index in [9.17, 15) is 10.0 Å². The molecule has 0 unspecified atom stereocenters. The second-order valence-electron chi connectivity index (χ2n) is 6.16. The van der Waals surface area contributed by atoms with E-state index in [1.54, 1.807) is 6.07 Å². The summed E-state index contributed by atoms with van der Waals surface area (Å²) in [6.07, 6.45) is 0. The van der Waals surface area contributed by atoms with E-state index in [4.69, 9.17) is 4.42 Å². The van der Waals surface area contributed by atoms with Gasteiger partial charge < -0.3 is 14.5 Å². The average Bonchev–Trinajstić information content (AvgIpc) is 2.74. The quantitative estimate of drug-likeness (QED) is 0.667. The minimum absolute atomic E-state index is 0.0614. The second-order valence-corrected chi connectivity index (χ2v) is 6.16. The molecule has 0 saturated carbocycles. The van der Waals surface area contributed by atoms with Gasteiger partial charge in [0.2, 0.25) is 0 Å². The monoisotopic (exact) mass is 268 g/mol. The number of para-hydroxylation sites is 1. The molecule has 102 valence electrons. The molecule has 3 aromatic rings. The first-order valence-electron chi connectivity index (χ1n) is 6.70. The van der Waals surface area contributed by atoms with Gasteiger partial charge in [0.05, 0.1) is 0 Å². The van der Waals surface area contributed by atoms with Crippen molar-refractivity contribution >= 4 is 34.5 Å². The summed E-state index contributed by atoms with van der Waals surface area (Å²) in [5.41, 5.74) is 3.00. The first kappa shape index (κ1) is 13.2. The lowest BCUT2D eigenvalue weighted by Gasteiger charge is -2.18. The van der Waals surface area contributed by atoms with Crippen LogP contribution in [-0.4, -0.2) is 17.2 Å². The molecule has 0 atom stereocenters. The Bertz CT molecular complexity index is 781. The third-order valence-electron chi connectivity index (χ3n) is 3.67. The van der Waals surface area contributed by atoms with Gasteiger partial charge >= 0.3 is 7.12 Å². The van der Waals surface area contributed by atoms with Crippen LogP contribution in [0.3, 0.4) is 0 Å². The fourth-order valence-corrected chi connectivity index (χ4v) is 2.49. The SMILES string of the molecule is CC(C)(C)c1ccc2oc3c(B(O)O)cccc3c2c1.